The number of nitrogens with zero attached hydrogens (tertiary/aromatic N) is 1. The molecule has 1 amide bonds. The van der Waals surface area contributed by atoms with Gasteiger partial charge in [-0.15, -0.1) is 11.3 Å². The third-order valence-corrected chi connectivity index (χ3v) is 5.11. The Balaban J connectivity index is 2.14. The molecule has 6 heteroatoms. The highest BCUT2D eigenvalue weighted by atomic mass is 32.2. The Morgan fingerprint density at radius 1 is 1.55 bits per heavy atom. The number of carbonyl (C=O) groups excluding carboxylic acids is 1. The van der Waals surface area contributed by atoms with E-state index in [0.29, 0.717) is 6.54 Å². The standard InChI is InChI=1S/C14H19N3OS2/c1-3-4-9(8-15)13(18)16-10-5-6-11-12(7-10)20-14(17-11)19-2/h5-7,9H,3-4,8,15H2,1-2H3,(H,16,18). The second-order valence-electron chi connectivity index (χ2n) is 4.58. The third-order valence-electron chi connectivity index (χ3n) is 3.10. The van der Waals surface area contributed by atoms with E-state index < -0.39 is 0 Å². The molecule has 0 aliphatic carbocycles. The molecule has 0 aliphatic rings. The predicted molar refractivity (Wildman–Crippen MR) is 87.5 cm³/mol. The molecule has 0 bridgehead atoms. The molecule has 1 aromatic heterocycles. The number of nitrogens with one attached hydrogen (secondary N) is 1. The van der Waals surface area contributed by atoms with Crippen molar-refractivity contribution in [3.8, 4) is 0 Å². The molecular weight excluding hydrogens is 290 g/mol. The molecular formula is C14H19N3OS2. The summed E-state index contributed by atoms with van der Waals surface area (Å²) in [6.45, 7) is 2.45. The summed E-state index contributed by atoms with van der Waals surface area (Å²) in [4.78, 5) is 16.6. The highest BCUT2D eigenvalue weighted by Crippen LogP contribution is 2.30. The van der Waals surface area contributed by atoms with Crippen molar-refractivity contribution >= 4 is 44.9 Å². The quantitative estimate of drug-likeness (QED) is 0.803. The molecule has 0 spiro atoms. The molecule has 108 valence electrons. The first-order chi connectivity index (χ1) is 9.67. The van der Waals surface area contributed by atoms with Crippen molar-refractivity contribution in [3.05, 3.63) is 18.2 Å². The maximum absolute atomic E-state index is 12.1. The molecule has 1 aromatic carbocycles. The maximum Gasteiger partial charge on any atom is 0.228 e. The van der Waals surface area contributed by atoms with E-state index in [2.05, 4.69) is 17.2 Å². The first-order valence-electron chi connectivity index (χ1n) is 6.63. The van der Waals surface area contributed by atoms with Gasteiger partial charge in [0.15, 0.2) is 4.34 Å². The highest BCUT2D eigenvalue weighted by molar-refractivity contribution is 8.00. The lowest BCUT2D eigenvalue weighted by Gasteiger charge is -2.13. The zero-order valence-electron chi connectivity index (χ0n) is 11.7. The van der Waals surface area contributed by atoms with Gasteiger partial charge in [-0.05, 0) is 30.9 Å². The summed E-state index contributed by atoms with van der Waals surface area (Å²) in [7, 11) is 0. The average molecular weight is 309 g/mol. The number of hydrogen-bond acceptors (Lipinski definition) is 5. The van der Waals surface area contributed by atoms with Crippen molar-refractivity contribution < 1.29 is 4.79 Å². The van der Waals surface area contributed by atoms with E-state index >= 15 is 0 Å². The van der Waals surface area contributed by atoms with Crippen molar-refractivity contribution in [1.29, 1.82) is 0 Å². The van der Waals surface area contributed by atoms with Gasteiger partial charge >= 0.3 is 0 Å². The molecule has 1 unspecified atom stereocenters. The predicted octanol–water partition coefficient (Wildman–Crippen LogP) is 3.33. The van der Waals surface area contributed by atoms with Gasteiger partial charge in [-0.25, -0.2) is 4.98 Å². The summed E-state index contributed by atoms with van der Waals surface area (Å²) < 4.78 is 2.13. The fourth-order valence-electron chi connectivity index (χ4n) is 2.02. The number of thiazole rings is 1. The third kappa shape index (κ3) is 3.50. The second kappa shape index (κ2) is 7.06. The first kappa shape index (κ1) is 15.3. The van der Waals surface area contributed by atoms with Crippen LogP contribution in [0.25, 0.3) is 10.2 Å². The zero-order chi connectivity index (χ0) is 14.5. The Kier molecular flexibility index (Phi) is 5.39. The summed E-state index contributed by atoms with van der Waals surface area (Å²) in [6, 6.07) is 5.81. The number of anilines is 1. The number of fused-ring (bicyclic) bond motifs is 1. The molecule has 1 atom stereocenters. The number of hydrogen-bond donors (Lipinski definition) is 2. The number of amides is 1. The minimum Gasteiger partial charge on any atom is -0.330 e. The van der Waals surface area contributed by atoms with Crippen molar-refractivity contribution in [2.45, 2.75) is 24.1 Å². The van der Waals surface area contributed by atoms with Gasteiger partial charge < -0.3 is 11.1 Å². The molecule has 2 rings (SSSR count). The van der Waals surface area contributed by atoms with Crippen LogP contribution in [-0.4, -0.2) is 23.7 Å². The Bertz CT molecular complexity index is 597. The Hall–Kier alpha value is -1.11. The summed E-state index contributed by atoms with van der Waals surface area (Å²) in [6.07, 6.45) is 3.79. The number of rotatable bonds is 6. The van der Waals surface area contributed by atoms with Gasteiger partial charge in [-0.2, -0.15) is 0 Å². The van der Waals surface area contributed by atoms with E-state index in [1.165, 1.54) is 0 Å². The van der Waals surface area contributed by atoms with Gasteiger partial charge in [-0.3, -0.25) is 4.79 Å². The van der Waals surface area contributed by atoms with Crippen LogP contribution in [0.15, 0.2) is 22.5 Å². The fourth-order valence-corrected chi connectivity index (χ4v) is 3.55. The largest absolute Gasteiger partial charge is 0.330 e. The molecule has 0 saturated heterocycles. The zero-order valence-corrected chi connectivity index (χ0v) is 13.3. The number of benzene rings is 1. The lowest BCUT2D eigenvalue weighted by molar-refractivity contribution is -0.119. The summed E-state index contributed by atoms with van der Waals surface area (Å²) in [5.74, 6) is -0.109. The van der Waals surface area contributed by atoms with Gasteiger partial charge in [0.25, 0.3) is 0 Å². The molecule has 0 aliphatic heterocycles. The van der Waals surface area contributed by atoms with Crippen LogP contribution in [0.2, 0.25) is 0 Å². The molecule has 4 nitrogen and oxygen atoms in total. The minimum absolute atomic E-state index is 0.00306. The number of nitrogens with two attached hydrogens (primary N) is 1. The monoisotopic (exact) mass is 309 g/mol. The molecule has 3 N–H and O–H groups in total. The summed E-state index contributed by atoms with van der Waals surface area (Å²) in [5.41, 5.74) is 7.44. The van der Waals surface area contributed by atoms with Crippen LogP contribution in [0.1, 0.15) is 19.8 Å². The fraction of sp³-hybridized carbons (Fsp3) is 0.429. The van der Waals surface area contributed by atoms with Crippen molar-refractivity contribution in [1.82, 2.24) is 4.98 Å². The molecule has 0 fully saturated rings. The van der Waals surface area contributed by atoms with Crippen molar-refractivity contribution in [2.24, 2.45) is 11.7 Å². The Labute approximate surface area is 127 Å². The van der Waals surface area contributed by atoms with E-state index in [1.54, 1.807) is 23.1 Å². The topological polar surface area (TPSA) is 68.0 Å². The van der Waals surface area contributed by atoms with Crippen molar-refractivity contribution in [2.75, 3.05) is 18.1 Å². The highest BCUT2D eigenvalue weighted by Gasteiger charge is 2.16. The van der Waals surface area contributed by atoms with Gasteiger partial charge in [0.2, 0.25) is 5.91 Å². The maximum atomic E-state index is 12.1. The smallest absolute Gasteiger partial charge is 0.228 e. The Morgan fingerprint density at radius 3 is 3.00 bits per heavy atom. The number of thioether (sulfide) groups is 1. The van der Waals surface area contributed by atoms with E-state index in [9.17, 15) is 4.79 Å². The first-order valence-corrected chi connectivity index (χ1v) is 8.67. The lowest BCUT2D eigenvalue weighted by Crippen LogP contribution is -2.29. The van der Waals surface area contributed by atoms with Crippen LogP contribution >= 0.6 is 23.1 Å². The molecule has 0 saturated carbocycles. The van der Waals surface area contributed by atoms with Crippen LogP contribution < -0.4 is 11.1 Å². The Morgan fingerprint density at radius 2 is 2.35 bits per heavy atom. The summed E-state index contributed by atoms with van der Waals surface area (Å²) >= 11 is 3.27. The van der Waals surface area contributed by atoms with Crippen LogP contribution in [-0.2, 0) is 4.79 Å². The van der Waals surface area contributed by atoms with Crippen LogP contribution in [0, 0.1) is 5.92 Å². The lowest BCUT2D eigenvalue weighted by atomic mass is 10.0. The molecule has 1 heterocycles. The average Bonchev–Trinajstić information content (AvgIpc) is 2.86. The normalized spacial score (nSPS) is 12.6. The van der Waals surface area contributed by atoms with E-state index in [0.717, 1.165) is 33.1 Å². The van der Waals surface area contributed by atoms with Gasteiger partial charge in [0.05, 0.1) is 16.1 Å². The SMILES string of the molecule is CCCC(CN)C(=O)Nc1ccc2nc(SC)sc2c1. The van der Waals surface area contributed by atoms with Crippen molar-refractivity contribution in [3.63, 3.8) is 0 Å². The molecule has 0 radical (unpaired) electrons. The van der Waals surface area contributed by atoms with Crippen LogP contribution in [0.5, 0.6) is 0 Å². The van der Waals surface area contributed by atoms with E-state index in [4.69, 9.17) is 5.73 Å². The van der Waals surface area contributed by atoms with E-state index in [1.807, 2.05) is 24.5 Å². The second-order valence-corrected chi connectivity index (χ2v) is 6.66. The van der Waals surface area contributed by atoms with E-state index in [-0.39, 0.29) is 11.8 Å². The van der Waals surface area contributed by atoms with Gasteiger partial charge in [-0.1, -0.05) is 25.1 Å². The van der Waals surface area contributed by atoms with Crippen LogP contribution in [0.4, 0.5) is 5.69 Å². The van der Waals surface area contributed by atoms with Gasteiger partial charge in [0.1, 0.15) is 0 Å². The van der Waals surface area contributed by atoms with Gasteiger partial charge in [0, 0.05) is 12.2 Å². The molecule has 20 heavy (non-hydrogen) atoms. The molecule has 2 aromatic rings. The summed E-state index contributed by atoms with van der Waals surface area (Å²) in [5, 5.41) is 2.95. The number of carbonyl (C=O) groups is 1. The minimum atomic E-state index is -0.112. The van der Waals surface area contributed by atoms with Crippen LogP contribution in [0.3, 0.4) is 0 Å². The number of aromatic nitrogens is 1.